The maximum atomic E-state index is 5.62. The highest BCUT2D eigenvalue weighted by Crippen LogP contribution is 2.26. The fourth-order valence-corrected chi connectivity index (χ4v) is 4.10. The fraction of sp³-hybridized carbons (Fsp3) is 0.500. The third-order valence-corrected chi connectivity index (χ3v) is 5.91. The number of nitrogens with zero attached hydrogens (tertiary/aromatic N) is 2. The number of hydrogen-bond donors (Lipinski definition) is 2. The van der Waals surface area contributed by atoms with E-state index in [-0.39, 0.29) is 24.0 Å². The fourth-order valence-electron chi connectivity index (χ4n) is 3.27. The van der Waals surface area contributed by atoms with Crippen LogP contribution in [0.5, 0.6) is 0 Å². The summed E-state index contributed by atoms with van der Waals surface area (Å²) in [5.74, 6) is 1.48. The second kappa shape index (κ2) is 10.9. The Balaban J connectivity index is 0.00000261. The molecule has 1 aromatic heterocycles. The first-order valence-electron chi connectivity index (χ1n) is 9.19. The normalized spacial score (nSPS) is 20.0. The summed E-state index contributed by atoms with van der Waals surface area (Å²) in [5.41, 5.74) is 3.09. The van der Waals surface area contributed by atoms with Crippen molar-refractivity contribution in [1.29, 1.82) is 0 Å². The van der Waals surface area contributed by atoms with Crippen molar-refractivity contribution in [2.75, 3.05) is 13.3 Å². The highest BCUT2D eigenvalue weighted by atomic mass is 127. The number of aliphatic imine (C=N–C) groups is 1. The first-order chi connectivity index (χ1) is 12.7. The number of nitrogens with one attached hydrogen (secondary N) is 2. The number of guanidine groups is 1. The predicted molar refractivity (Wildman–Crippen MR) is 125 cm³/mol. The van der Waals surface area contributed by atoms with E-state index in [1.807, 2.05) is 30.9 Å². The first-order valence-corrected chi connectivity index (χ1v) is 10.5. The van der Waals surface area contributed by atoms with Crippen molar-refractivity contribution in [3.63, 3.8) is 0 Å². The molecule has 1 aliphatic carbocycles. The molecule has 2 unspecified atom stereocenters. The summed E-state index contributed by atoms with van der Waals surface area (Å²) < 4.78 is 5.62. The summed E-state index contributed by atoms with van der Waals surface area (Å²) in [6.07, 6.45) is 8.92. The van der Waals surface area contributed by atoms with Crippen molar-refractivity contribution in [2.45, 2.75) is 50.4 Å². The Morgan fingerprint density at radius 2 is 2.07 bits per heavy atom. The van der Waals surface area contributed by atoms with Crippen molar-refractivity contribution in [1.82, 2.24) is 15.6 Å². The molecule has 2 N–H and O–H groups in total. The number of rotatable bonds is 5. The van der Waals surface area contributed by atoms with Crippen molar-refractivity contribution in [3.05, 3.63) is 41.8 Å². The van der Waals surface area contributed by atoms with Gasteiger partial charge in [-0.25, -0.2) is 4.98 Å². The van der Waals surface area contributed by atoms with E-state index < -0.39 is 0 Å². The highest BCUT2D eigenvalue weighted by molar-refractivity contribution is 14.0. The maximum Gasteiger partial charge on any atom is 0.226 e. The minimum atomic E-state index is 0. The second-order valence-corrected chi connectivity index (χ2v) is 7.94. The molecule has 1 saturated carbocycles. The molecule has 1 fully saturated rings. The number of benzene rings is 1. The molecule has 27 heavy (non-hydrogen) atoms. The van der Waals surface area contributed by atoms with E-state index >= 15 is 0 Å². The average molecular weight is 500 g/mol. The molecule has 2 atom stereocenters. The number of halogens is 1. The van der Waals surface area contributed by atoms with Gasteiger partial charge in [0.2, 0.25) is 5.89 Å². The van der Waals surface area contributed by atoms with Crippen molar-refractivity contribution < 1.29 is 4.42 Å². The van der Waals surface area contributed by atoms with E-state index in [1.54, 1.807) is 6.26 Å². The third kappa shape index (κ3) is 6.41. The largest absolute Gasteiger partial charge is 0.444 e. The van der Waals surface area contributed by atoms with E-state index in [0.717, 1.165) is 22.5 Å². The van der Waals surface area contributed by atoms with Gasteiger partial charge in [0.15, 0.2) is 5.96 Å². The minimum Gasteiger partial charge on any atom is -0.444 e. The van der Waals surface area contributed by atoms with Gasteiger partial charge in [0.25, 0.3) is 0 Å². The van der Waals surface area contributed by atoms with Crippen LogP contribution in [0.1, 0.15) is 36.9 Å². The Morgan fingerprint density at radius 3 is 2.78 bits per heavy atom. The van der Waals surface area contributed by atoms with Crippen LogP contribution < -0.4 is 10.6 Å². The van der Waals surface area contributed by atoms with Gasteiger partial charge in [0, 0.05) is 23.9 Å². The molecule has 3 rings (SSSR count). The third-order valence-electron chi connectivity index (χ3n) is 4.81. The molecule has 1 heterocycles. The summed E-state index contributed by atoms with van der Waals surface area (Å²) in [5, 5.41) is 7.66. The van der Waals surface area contributed by atoms with Gasteiger partial charge < -0.3 is 15.1 Å². The van der Waals surface area contributed by atoms with Gasteiger partial charge in [-0.1, -0.05) is 24.1 Å². The SMILES string of the molecule is CN=C(NCc1coc(-c2ccc(C)cc2)n1)NC1CCCC(SC)C1.I. The zero-order valence-electron chi connectivity index (χ0n) is 16.2. The van der Waals surface area contributed by atoms with E-state index in [0.29, 0.717) is 18.5 Å². The molecule has 0 bridgehead atoms. The predicted octanol–water partition coefficient (Wildman–Crippen LogP) is 4.61. The van der Waals surface area contributed by atoms with Crippen LogP contribution in [0.2, 0.25) is 0 Å². The molecule has 0 amide bonds. The topological polar surface area (TPSA) is 62.5 Å². The summed E-state index contributed by atoms with van der Waals surface area (Å²) in [6.45, 7) is 2.66. The lowest BCUT2D eigenvalue weighted by atomic mass is 9.95. The van der Waals surface area contributed by atoms with Crippen molar-refractivity contribution in [3.8, 4) is 11.5 Å². The van der Waals surface area contributed by atoms with Gasteiger partial charge in [0.1, 0.15) is 6.26 Å². The van der Waals surface area contributed by atoms with Crippen LogP contribution in [0.4, 0.5) is 0 Å². The number of hydrogen-bond acceptors (Lipinski definition) is 4. The molecule has 5 nitrogen and oxygen atoms in total. The Labute approximate surface area is 183 Å². The molecule has 7 heteroatoms. The molecule has 2 aromatic rings. The Hall–Kier alpha value is -1.22. The van der Waals surface area contributed by atoms with Crippen molar-refractivity contribution >= 4 is 41.7 Å². The zero-order valence-corrected chi connectivity index (χ0v) is 19.3. The lowest BCUT2D eigenvalue weighted by molar-refractivity contribution is 0.419. The summed E-state index contributed by atoms with van der Waals surface area (Å²) in [7, 11) is 1.81. The van der Waals surface area contributed by atoms with Gasteiger partial charge in [-0.05, 0) is 44.6 Å². The van der Waals surface area contributed by atoms with Crippen molar-refractivity contribution in [2.24, 2.45) is 4.99 Å². The van der Waals surface area contributed by atoms with Gasteiger partial charge in [-0.3, -0.25) is 4.99 Å². The standard InChI is InChI=1S/C20H28N4OS.HI/c1-14-7-9-15(10-8-14)19-23-17(13-25-19)12-22-20(21-2)24-16-5-4-6-18(11-16)26-3;/h7-10,13,16,18H,4-6,11-12H2,1-3H3,(H2,21,22,24);1H. The summed E-state index contributed by atoms with van der Waals surface area (Å²) in [4.78, 5) is 8.93. The molecule has 1 aromatic carbocycles. The average Bonchev–Trinajstić information content (AvgIpc) is 3.15. The summed E-state index contributed by atoms with van der Waals surface area (Å²) >= 11 is 1.97. The lowest BCUT2D eigenvalue weighted by Gasteiger charge is -2.29. The molecule has 0 saturated heterocycles. The zero-order chi connectivity index (χ0) is 18.4. The van der Waals surface area contributed by atoms with E-state index in [1.165, 1.54) is 31.2 Å². The highest BCUT2D eigenvalue weighted by Gasteiger charge is 2.21. The number of thioether (sulfide) groups is 1. The summed E-state index contributed by atoms with van der Waals surface area (Å²) in [6, 6.07) is 8.69. The molecule has 148 valence electrons. The van der Waals surface area contributed by atoms with Gasteiger partial charge in [0.05, 0.1) is 12.2 Å². The van der Waals surface area contributed by atoms with Crippen LogP contribution in [0, 0.1) is 6.92 Å². The number of aromatic nitrogens is 1. The second-order valence-electron chi connectivity index (χ2n) is 6.80. The molecule has 0 aliphatic heterocycles. The molecular weight excluding hydrogens is 471 g/mol. The first kappa shape index (κ1) is 22.1. The quantitative estimate of drug-likeness (QED) is 0.357. The number of aryl methyl sites for hydroxylation is 1. The van der Waals surface area contributed by atoms with E-state index in [9.17, 15) is 0 Å². The smallest absolute Gasteiger partial charge is 0.226 e. The van der Waals surface area contributed by atoms with Gasteiger partial charge in [-0.15, -0.1) is 24.0 Å². The van der Waals surface area contributed by atoms with Crippen LogP contribution in [-0.4, -0.2) is 35.5 Å². The molecule has 0 radical (unpaired) electrons. The van der Waals surface area contributed by atoms with Crippen LogP contribution in [-0.2, 0) is 6.54 Å². The molecular formula is C20H29IN4OS. The van der Waals surface area contributed by atoms with E-state index in [4.69, 9.17) is 4.42 Å². The van der Waals surface area contributed by atoms with Gasteiger partial charge >= 0.3 is 0 Å². The Morgan fingerprint density at radius 1 is 1.30 bits per heavy atom. The monoisotopic (exact) mass is 500 g/mol. The van der Waals surface area contributed by atoms with Crippen LogP contribution in [0.25, 0.3) is 11.5 Å². The van der Waals surface area contributed by atoms with Crippen LogP contribution >= 0.6 is 35.7 Å². The number of oxazole rings is 1. The molecule has 0 spiro atoms. The lowest BCUT2D eigenvalue weighted by Crippen LogP contribution is -2.45. The van der Waals surface area contributed by atoms with Crippen LogP contribution in [0.15, 0.2) is 39.9 Å². The van der Waals surface area contributed by atoms with Gasteiger partial charge in [-0.2, -0.15) is 11.8 Å². The Bertz CT molecular complexity index is 732. The molecule has 1 aliphatic rings. The van der Waals surface area contributed by atoms with Crippen LogP contribution in [0.3, 0.4) is 0 Å². The van der Waals surface area contributed by atoms with E-state index in [2.05, 4.69) is 45.9 Å². The minimum absolute atomic E-state index is 0. The Kier molecular flexibility index (Phi) is 8.95. The maximum absolute atomic E-state index is 5.62.